The average Bonchev–Trinajstić information content (AvgIpc) is 2.36. The molecule has 1 aromatic carbocycles. The van der Waals surface area contributed by atoms with Crippen LogP contribution in [0.5, 0.6) is 11.5 Å². The zero-order valence-corrected chi connectivity index (χ0v) is 13.3. The van der Waals surface area contributed by atoms with Crippen molar-refractivity contribution in [3.05, 3.63) is 22.7 Å². The van der Waals surface area contributed by atoms with E-state index in [4.69, 9.17) is 9.47 Å². The standard InChI is InChI=1S/C14H20BrNO3/c1-9(2)10(3)16-14(17)8-19-13-6-5-11(18-4)7-12(13)15/h5-7,9-10H,8H2,1-4H3,(H,16,17). The molecule has 1 N–H and O–H groups in total. The smallest absolute Gasteiger partial charge is 0.258 e. The Hall–Kier alpha value is -1.23. The second-order valence-electron chi connectivity index (χ2n) is 4.69. The molecule has 0 saturated heterocycles. The summed E-state index contributed by atoms with van der Waals surface area (Å²) >= 11 is 3.38. The predicted molar refractivity (Wildman–Crippen MR) is 78.6 cm³/mol. The second-order valence-corrected chi connectivity index (χ2v) is 5.54. The minimum Gasteiger partial charge on any atom is -0.497 e. The molecule has 0 heterocycles. The molecule has 0 saturated carbocycles. The Morgan fingerprint density at radius 2 is 2.05 bits per heavy atom. The fourth-order valence-electron chi connectivity index (χ4n) is 1.33. The fourth-order valence-corrected chi connectivity index (χ4v) is 1.80. The quantitative estimate of drug-likeness (QED) is 0.872. The molecule has 0 fully saturated rings. The van der Waals surface area contributed by atoms with Crippen LogP contribution in [0, 0.1) is 5.92 Å². The molecule has 4 nitrogen and oxygen atoms in total. The van der Waals surface area contributed by atoms with Crippen LogP contribution in [0.2, 0.25) is 0 Å². The molecule has 0 aliphatic carbocycles. The van der Waals surface area contributed by atoms with E-state index >= 15 is 0 Å². The second kappa shape index (κ2) is 7.38. The number of carbonyl (C=O) groups excluding carboxylic acids is 1. The zero-order chi connectivity index (χ0) is 14.4. The summed E-state index contributed by atoms with van der Waals surface area (Å²) < 4.78 is 11.3. The molecule has 1 rings (SSSR count). The highest BCUT2D eigenvalue weighted by molar-refractivity contribution is 9.10. The van der Waals surface area contributed by atoms with Crippen LogP contribution in [-0.4, -0.2) is 25.7 Å². The highest BCUT2D eigenvalue weighted by atomic mass is 79.9. The van der Waals surface area contributed by atoms with Crippen LogP contribution >= 0.6 is 15.9 Å². The molecule has 106 valence electrons. The van der Waals surface area contributed by atoms with Gasteiger partial charge >= 0.3 is 0 Å². The lowest BCUT2D eigenvalue weighted by Crippen LogP contribution is -2.38. The summed E-state index contributed by atoms with van der Waals surface area (Å²) in [5, 5.41) is 2.89. The maximum Gasteiger partial charge on any atom is 0.258 e. The van der Waals surface area contributed by atoms with Gasteiger partial charge in [0.1, 0.15) is 11.5 Å². The average molecular weight is 330 g/mol. The Kier molecular flexibility index (Phi) is 6.15. The summed E-state index contributed by atoms with van der Waals surface area (Å²) in [7, 11) is 1.60. The highest BCUT2D eigenvalue weighted by Crippen LogP contribution is 2.28. The van der Waals surface area contributed by atoms with Crippen LogP contribution in [0.3, 0.4) is 0 Å². The lowest BCUT2D eigenvalue weighted by Gasteiger charge is -2.17. The van der Waals surface area contributed by atoms with E-state index in [0.717, 1.165) is 10.2 Å². The molecule has 1 atom stereocenters. The van der Waals surface area contributed by atoms with Crippen molar-refractivity contribution in [3.63, 3.8) is 0 Å². The van der Waals surface area contributed by atoms with E-state index in [0.29, 0.717) is 11.7 Å². The van der Waals surface area contributed by atoms with Gasteiger partial charge in [-0.2, -0.15) is 0 Å². The maximum absolute atomic E-state index is 11.7. The van der Waals surface area contributed by atoms with Crippen molar-refractivity contribution in [2.75, 3.05) is 13.7 Å². The van der Waals surface area contributed by atoms with Crippen molar-refractivity contribution in [1.82, 2.24) is 5.32 Å². The number of halogens is 1. The van der Waals surface area contributed by atoms with Gasteiger partial charge in [-0.15, -0.1) is 0 Å². The first-order chi connectivity index (χ1) is 8.93. The number of carbonyl (C=O) groups is 1. The first-order valence-corrected chi connectivity index (χ1v) is 6.99. The third-order valence-corrected chi connectivity index (χ3v) is 3.51. The van der Waals surface area contributed by atoms with Gasteiger partial charge in [0.2, 0.25) is 0 Å². The zero-order valence-electron chi connectivity index (χ0n) is 11.7. The molecule has 1 aromatic rings. The third-order valence-electron chi connectivity index (χ3n) is 2.89. The van der Waals surface area contributed by atoms with Crippen molar-refractivity contribution in [3.8, 4) is 11.5 Å². The van der Waals surface area contributed by atoms with Gasteiger partial charge in [0.25, 0.3) is 5.91 Å². The first kappa shape index (κ1) is 15.8. The van der Waals surface area contributed by atoms with Gasteiger partial charge in [-0.05, 0) is 47.0 Å². The van der Waals surface area contributed by atoms with Crippen molar-refractivity contribution < 1.29 is 14.3 Å². The molecule has 1 unspecified atom stereocenters. The van der Waals surface area contributed by atoms with Crippen molar-refractivity contribution in [1.29, 1.82) is 0 Å². The molecule has 1 amide bonds. The number of hydrogen-bond donors (Lipinski definition) is 1. The van der Waals surface area contributed by atoms with Crippen molar-refractivity contribution in [2.45, 2.75) is 26.8 Å². The van der Waals surface area contributed by atoms with Crippen LogP contribution in [0.15, 0.2) is 22.7 Å². The van der Waals surface area contributed by atoms with Crippen LogP contribution in [0.25, 0.3) is 0 Å². The number of amides is 1. The summed E-state index contributed by atoms with van der Waals surface area (Å²) in [6.07, 6.45) is 0. The Bertz CT molecular complexity index is 435. The van der Waals surface area contributed by atoms with Crippen LogP contribution in [0.4, 0.5) is 0 Å². The normalized spacial score (nSPS) is 12.1. The Morgan fingerprint density at radius 3 is 2.58 bits per heavy atom. The van der Waals surface area contributed by atoms with Gasteiger partial charge in [-0.3, -0.25) is 4.79 Å². The lowest BCUT2D eigenvalue weighted by molar-refractivity contribution is -0.124. The topological polar surface area (TPSA) is 47.6 Å². The lowest BCUT2D eigenvalue weighted by atomic mass is 10.1. The van der Waals surface area contributed by atoms with Crippen molar-refractivity contribution >= 4 is 21.8 Å². The summed E-state index contributed by atoms with van der Waals surface area (Å²) in [5.41, 5.74) is 0. The fraction of sp³-hybridized carbons (Fsp3) is 0.500. The molecule has 0 spiro atoms. The minimum atomic E-state index is -0.121. The summed E-state index contributed by atoms with van der Waals surface area (Å²) in [6.45, 7) is 6.10. The Labute approximate surface area is 122 Å². The number of nitrogens with one attached hydrogen (secondary N) is 1. The van der Waals surface area contributed by atoms with Gasteiger partial charge in [0, 0.05) is 6.04 Å². The molecule has 19 heavy (non-hydrogen) atoms. The summed E-state index contributed by atoms with van der Waals surface area (Å²) in [6, 6.07) is 5.48. The maximum atomic E-state index is 11.7. The molecule has 0 aliphatic heterocycles. The molecule has 0 radical (unpaired) electrons. The van der Waals surface area contributed by atoms with Crippen LogP contribution < -0.4 is 14.8 Å². The van der Waals surface area contributed by atoms with E-state index < -0.39 is 0 Å². The van der Waals surface area contributed by atoms with E-state index in [-0.39, 0.29) is 18.6 Å². The monoisotopic (exact) mass is 329 g/mol. The molecule has 5 heteroatoms. The summed E-state index contributed by atoms with van der Waals surface area (Å²) in [5.74, 6) is 1.63. The van der Waals surface area contributed by atoms with Crippen LogP contribution in [0.1, 0.15) is 20.8 Å². The van der Waals surface area contributed by atoms with Gasteiger partial charge < -0.3 is 14.8 Å². The molecular weight excluding hydrogens is 310 g/mol. The molecule has 0 aromatic heterocycles. The number of hydrogen-bond acceptors (Lipinski definition) is 3. The Balaban J connectivity index is 2.50. The minimum absolute atomic E-state index is 0.00197. The van der Waals surface area contributed by atoms with E-state index in [2.05, 4.69) is 35.1 Å². The van der Waals surface area contributed by atoms with Gasteiger partial charge in [-0.1, -0.05) is 13.8 Å². The third kappa shape index (κ3) is 5.11. The number of methoxy groups -OCH3 is 1. The molecule has 0 bridgehead atoms. The van der Waals surface area contributed by atoms with E-state index in [1.165, 1.54) is 0 Å². The number of rotatable bonds is 6. The van der Waals surface area contributed by atoms with E-state index in [1.54, 1.807) is 25.3 Å². The highest BCUT2D eigenvalue weighted by Gasteiger charge is 2.12. The largest absolute Gasteiger partial charge is 0.497 e. The SMILES string of the molecule is COc1ccc(OCC(=O)NC(C)C(C)C)c(Br)c1. The van der Waals surface area contributed by atoms with Gasteiger partial charge in [-0.25, -0.2) is 0 Å². The number of benzene rings is 1. The number of ether oxygens (including phenoxy) is 2. The van der Waals surface area contributed by atoms with Crippen molar-refractivity contribution in [2.24, 2.45) is 5.92 Å². The van der Waals surface area contributed by atoms with Gasteiger partial charge in [0.15, 0.2) is 6.61 Å². The summed E-state index contributed by atoms with van der Waals surface area (Å²) in [4.78, 5) is 11.7. The molecule has 0 aliphatic rings. The van der Waals surface area contributed by atoms with Crippen LogP contribution in [-0.2, 0) is 4.79 Å². The van der Waals surface area contributed by atoms with E-state index in [1.807, 2.05) is 6.92 Å². The predicted octanol–water partition coefficient (Wildman–Crippen LogP) is 3.00. The van der Waals surface area contributed by atoms with E-state index in [9.17, 15) is 4.79 Å². The molecular formula is C14H20BrNO3. The first-order valence-electron chi connectivity index (χ1n) is 6.19. The van der Waals surface area contributed by atoms with Gasteiger partial charge in [0.05, 0.1) is 11.6 Å². The Morgan fingerprint density at radius 1 is 1.37 bits per heavy atom.